The molecule has 3 saturated heterocycles. The number of benzene rings is 2. The lowest BCUT2D eigenvalue weighted by Crippen LogP contribution is -2.70. The predicted octanol–water partition coefficient (Wildman–Crippen LogP) is 3.15. The van der Waals surface area contributed by atoms with Crippen molar-refractivity contribution in [1.82, 2.24) is 26.0 Å². The minimum Gasteiger partial charge on any atom is -0.323 e. The fourth-order valence-electron chi connectivity index (χ4n) is 6.26. The summed E-state index contributed by atoms with van der Waals surface area (Å²) in [5.41, 5.74) is 16.2. The van der Waals surface area contributed by atoms with Gasteiger partial charge in [-0.3, -0.25) is 15.0 Å². The highest BCUT2D eigenvalue weighted by Gasteiger charge is 2.52. The average Bonchev–Trinajstić information content (AvgIpc) is 3.39. The van der Waals surface area contributed by atoms with E-state index < -0.39 is 0 Å². The van der Waals surface area contributed by atoms with Crippen LogP contribution in [-0.4, -0.2) is 53.7 Å². The standard InChI is InChI=1S/C25H30Cl2N6OS/c1-32-23(34)18-21(30-31-22(18)35-17-8-4-7-16(26)19(17)27)29-24(32)33-11-9-25(10-12-33)13-14-5-2-3-6-15(14)20(25)28/h2-8,18,20-22,24,29-31H,9-13,28H2,1H3/t18?,20-,21?,22?,24?/m1/s1. The van der Waals surface area contributed by atoms with Crippen LogP contribution in [0, 0.1) is 11.3 Å². The summed E-state index contributed by atoms with van der Waals surface area (Å²) < 4.78 is 0. The molecular weight excluding hydrogens is 503 g/mol. The SMILES string of the molecule is CN1C(=O)C2C(NNC2Sc2cccc(Cl)c2Cl)NC1N1CCC2(CC1)Cc1ccccc1[C@H]2N. The number of piperidine rings is 1. The van der Waals surface area contributed by atoms with Gasteiger partial charge in [-0.05, 0) is 47.9 Å². The van der Waals surface area contributed by atoms with Gasteiger partial charge in [-0.25, -0.2) is 10.9 Å². The van der Waals surface area contributed by atoms with Crippen LogP contribution in [-0.2, 0) is 11.2 Å². The summed E-state index contributed by atoms with van der Waals surface area (Å²) in [6.45, 7) is 1.80. The molecule has 10 heteroatoms. The number of carbonyl (C=O) groups excluding carboxylic acids is 1. The van der Waals surface area contributed by atoms with Crippen molar-refractivity contribution in [1.29, 1.82) is 0 Å². The molecule has 4 aliphatic rings. The van der Waals surface area contributed by atoms with Gasteiger partial charge in [-0.15, -0.1) is 11.8 Å². The molecule has 1 aliphatic carbocycles. The summed E-state index contributed by atoms with van der Waals surface area (Å²) >= 11 is 14.1. The molecule has 186 valence electrons. The van der Waals surface area contributed by atoms with Gasteiger partial charge in [0.25, 0.3) is 0 Å². The van der Waals surface area contributed by atoms with E-state index in [0.29, 0.717) is 10.0 Å². The number of nitrogens with one attached hydrogen (secondary N) is 3. The zero-order chi connectivity index (χ0) is 24.3. The lowest BCUT2D eigenvalue weighted by atomic mass is 9.73. The Labute approximate surface area is 220 Å². The summed E-state index contributed by atoms with van der Waals surface area (Å²) in [6, 6.07) is 14.2. The number of thioether (sulfide) groups is 1. The molecule has 6 rings (SSSR count). The van der Waals surface area contributed by atoms with E-state index in [9.17, 15) is 4.79 Å². The van der Waals surface area contributed by atoms with Crippen LogP contribution in [0.5, 0.6) is 0 Å². The van der Waals surface area contributed by atoms with Crippen molar-refractivity contribution in [2.75, 3.05) is 20.1 Å². The van der Waals surface area contributed by atoms with E-state index in [0.717, 1.165) is 37.2 Å². The van der Waals surface area contributed by atoms with E-state index in [2.05, 4.69) is 45.3 Å². The van der Waals surface area contributed by atoms with Crippen LogP contribution in [0.4, 0.5) is 0 Å². The number of nitrogens with two attached hydrogens (primary N) is 1. The molecule has 4 unspecified atom stereocenters. The van der Waals surface area contributed by atoms with Crippen LogP contribution in [0.15, 0.2) is 47.4 Å². The van der Waals surface area contributed by atoms with Crippen molar-refractivity contribution in [2.24, 2.45) is 17.1 Å². The summed E-state index contributed by atoms with van der Waals surface area (Å²) in [5.74, 6) is -0.164. The summed E-state index contributed by atoms with van der Waals surface area (Å²) in [4.78, 5) is 18.6. The molecule has 1 spiro atoms. The Bertz CT molecular complexity index is 1140. The smallest absolute Gasteiger partial charge is 0.233 e. The summed E-state index contributed by atoms with van der Waals surface area (Å²) in [6.07, 6.45) is 2.76. The second kappa shape index (κ2) is 9.19. The van der Waals surface area contributed by atoms with E-state index in [1.54, 1.807) is 6.07 Å². The maximum atomic E-state index is 13.5. The first-order valence-electron chi connectivity index (χ1n) is 12.1. The van der Waals surface area contributed by atoms with Gasteiger partial charge in [0.15, 0.2) is 0 Å². The van der Waals surface area contributed by atoms with Gasteiger partial charge in [0.2, 0.25) is 5.91 Å². The molecule has 0 saturated carbocycles. The van der Waals surface area contributed by atoms with Crippen LogP contribution < -0.4 is 21.9 Å². The van der Waals surface area contributed by atoms with Gasteiger partial charge in [0, 0.05) is 31.1 Å². The second-order valence-electron chi connectivity index (χ2n) is 10.1. The number of carbonyl (C=O) groups is 1. The quantitative estimate of drug-likeness (QED) is 0.483. The van der Waals surface area contributed by atoms with Crippen molar-refractivity contribution >= 4 is 40.9 Å². The van der Waals surface area contributed by atoms with Gasteiger partial charge < -0.3 is 10.6 Å². The van der Waals surface area contributed by atoms with E-state index in [4.69, 9.17) is 28.9 Å². The Balaban J connectivity index is 1.13. The number of fused-ring (bicyclic) bond motifs is 2. The minimum atomic E-state index is -0.273. The maximum absolute atomic E-state index is 13.5. The van der Waals surface area contributed by atoms with Crippen molar-refractivity contribution in [3.63, 3.8) is 0 Å². The summed E-state index contributed by atoms with van der Waals surface area (Å²) in [7, 11) is 1.89. The van der Waals surface area contributed by atoms with Crippen molar-refractivity contribution < 1.29 is 4.79 Å². The zero-order valence-corrected chi connectivity index (χ0v) is 21.8. The van der Waals surface area contributed by atoms with Crippen molar-refractivity contribution in [3.8, 4) is 0 Å². The molecule has 5 atom stereocenters. The molecule has 0 radical (unpaired) electrons. The molecule has 2 aromatic carbocycles. The van der Waals surface area contributed by atoms with Crippen molar-refractivity contribution in [2.45, 2.75) is 48.0 Å². The maximum Gasteiger partial charge on any atom is 0.233 e. The Kier molecular flexibility index (Phi) is 6.30. The molecule has 5 N–H and O–H groups in total. The van der Waals surface area contributed by atoms with Gasteiger partial charge in [0.05, 0.1) is 27.5 Å². The summed E-state index contributed by atoms with van der Waals surface area (Å²) in [5, 5.41) is 4.53. The molecule has 3 heterocycles. The van der Waals surface area contributed by atoms with Gasteiger partial charge in [-0.2, -0.15) is 0 Å². The fourth-order valence-corrected chi connectivity index (χ4v) is 7.94. The lowest BCUT2D eigenvalue weighted by Gasteiger charge is -2.50. The number of hydrogen-bond donors (Lipinski definition) is 4. The Morgan fingerprint density at radius 3 is 2.63 bits per heavy atom. The number of halogens is 2. The van der Waals surface area contributed by atoms with Crippen LogP contribution in [0.1, 0.15) is 30.0 Å². The predicted molar refractivity (Wildman–Crippen MR) is 140 cm³/mol. The number of amides is 1. The molecular formula is C25H30Cl2N6OS. The first kappa shape index (κ1) is 24.0. The van der Waals surface area contributed by atoms with Crippen LogP contribution in [0.3, 0.4) is 0 Å². The van der Waals surface area contributed by atoms with E-state index in [-0.39, 0.29) is 41.1 Å². The van der Waals surface area contributed by atoms with Gasteiger partial charge in [-0.1, -0.05) is 53.5 Å². The third kappa shape index (κ3) is 3.99. The molecule has 0 bridgehead atoms. The highest BCUT2D eigenvalue weighted by atomic mass is 35.5. The van der Waals surface area contributed by atoms with E-state index >= 15 is 0 Å². The zero-order valence-electron chi connectivity index (χ0n) is 19.5. The number of likely N-dealkylation sites (tertiary alicyclic amines) is 1. The van der Waals surface area contributed by atoms with Gasteiger partial charge >= 0.3 is 0 Å². The first-order valence-corrected chi connectivity index (χ1v) is 13.7. The van der Waals surface area contributed by atoms with Crippen molar-refractivity contribution in [3.05, 3.63) is 63.6 Å². The molecule has 3 fully saturated rings. The normalized spacial score (nSPS) is 32.2. The Morgan fingerprint density at radius 1 is 1.09 bits per heavy atom. The van der Waals surface area contributed by atoms with Crippen LogP contribution in [0.2, 0.25) is 10.0 Å². The average molecular weight is 534 g/mol. The number of hydrazine groups is 1. The number of nitrogens with zero attached hydrogens (tertiary/aromatic N) is 2. The lowest BCUT2D eigenvalue weighted by molar-refractivity contribution is -0.150. The molecule has 0 aromatic heterocycles. The van der Waals surface area contributed by atoms with Crippen LogP contribution >= 0.6 is 35.0 Å². The molecule has 3 aliphatic heterocycles. The van der Waals surface area contributed by atoms with E-state index in [1.807, 2.05) is 24.1 Å². The number of rotatable bonds is 3. The Hall–Kier alpha value is -1.36. The highest BCUT2D eigenvalue weighted by molar-refractivity contribution is 8.00. The molecule has 35 heavy (non-hydrogen) atoms. The van der Waals surface area contributed by atoms with Gasteiger partial charge in [0.1, 0.15) is 6.29 Å². The van der Waals surface area contributed by atoms with E-state index in [1.165, 1.54) is 22.9 Å². The largest absolute Gasteiger partial charge is 0.323 e. The third-order valence-electron chi connectivity index (χ3n) is 8.30. The number of hydrogen-bond acceptors (Lipinski definition) is 7. The Morgan fingerprint density at radius 2 is 1.86 bits per heavy atom. The third-order valence-corrected chi connectivity index (χ3v) is 10.5. The monoisotopic (exact) mass is 532 g/mol. The molecule has 7 nitrogen and oxygen atoms in total. The molecule has 1 amide bonds. The fraction of sp³-hybridized carbons (Fsp3) is 0.480. The minimum absolute atomic E-state index is 0.0840. The first-order chi connectivity index (χ1) is 16.9. The second-order valence-corrected chi connectivity index (χ2v) is 12.1. The molecule has 2 aromatic rings. The highest BCUT2D eigenvalue weighted by Crippen LogP contribution is 2.51. The topological polar surface area (TPSA) is 85.7 Å². The van der Waals surface area contributed by atoms with Crippen LogP contribution in [0.25, 0.3) is 0 Å².